The molecule has 0 radical (unpaired) electrons. The summed E-state index contributed by atoms with van der Waals surface area (Å²) >= 11 is 0. The second-order valence-electron chi connectivity index (χ2n) is 10.9. The van der Waals surface area contributed by atoms with E-state index >= 15 is 0 Å². The highest BCUT2D eigenvalue weighted by Gasteiger charge is 2.38. The number of carbonyl (C=O) groups excluding carboxylic acids is 1. The van der Waals surface area contributed by atoms with E-state index in [0.717, 1.165) is 12.1 Å². The maximum absolute atomic E-state index is 14.0. The molecule has 224 valence electrons. The first-order chi connectivity index (χ1) is 19.8. The second-order valence-corrected chi connectivity index (χ2v) is 10.9. The Morgan fingerprint density at radius 2 is 1.81 bits per heavy atom. The third-order valence-electron chi connectivity index (χ3n) is 6.68. The average molecular weight is 580 g/mol. The molecule has 2 aliphatic rings. The minimum atomic E-state index is -4.65. The topological polar surface area (TPSA) is 62.2 Å². The maximum Gasteiger partial charge on any atom is 0.435 e. The standard InChI is InChI=1S/C33H40F3N5O/c1-7-14-29(28-23-41(39-30(28)33(34,35)36)27-15-12-10-9-11-13-16-27)37-19-20-38-31(42)25-18-17-24(3)40(21-25)22-26(8-2)32(4,5)6/h12,14-18,21-23,37H,3,7-8,10,13,19-20H2,1-2,4-6H3,(H,38,42)/b15-12-,26-22+,27-16+,29-14+. The van der Waals surface area contributed by atoms with Gasteiger partial charge in [0.25, 0.3) is 5.91 Å². The van der Waals surface area contributed by atoms with Gasteiger partial charge in [-0.3, -0.25) is 4.79 Å². The number of nitrogens with zero attached hydrogens (tertiary/aromatic N) is 3. The van der Waals surface area contributed by atoms with E-state index in [1.807, 2.05) is 18.0 Å². The Morgan fingerprint density at radius 3 is 2.48 bits per heavy atom. The van der Waals surface area contributed by atoms with Crippen LogP contribution in [0.25, 0.3) is 11.4 Å². The van der Waals surface area contributed by atoms with Crippen molar-refractivity contribution < 1.29 is 18.0 Å². The van der Waals surface area contributed by atoms with Crippen LogP contribution in [0, 0.1) is 17.3 Å². The molecule has 0 unspecified atom stereocenters. The van der Waals surface area contributed by atoms with Crippen molar-refractivity contribution in [3.05, 3.63) is 89.7 Å². The summed E-state index contributed by atoms with van der Waals surface area (Å²) in [5, 5.41) is 9.82. The Bertz CT molecular complexity index is 1420. The molecule has 1 aliphatic carbocycles. The fraction of sp³-hybridized carbons (Fsp3) is 0.394. The van der Waals surface area contributed by atoms with E-state index in [4.69, 9.17) is 0 Å². The van der Waals surface area contributed by atoms with E-state index in [-0.39, 0.29) is 30.0 Å². The SMILES string of the molecule is C=C1C=CC(C(=O)NCCN/C(=C/CC)c2cn(C3=C/CC#CC/C=C\3)nc2C(F)(F)F)=CN1/C=C(\CC)C(C)(C)C. The van der Waals surface area contributed by atoms with Gasteiger partial charge in [0.15, 0.2) is 5.69 Å². The van der Waals surface area contributed by atoms with Crippen molar-refractivity contribution in [1.29, 1.82) is 0 Å². The monoisotopic (exact) mass is 579 g/mol. The van der Waals surface area contributed by atoms with Crippen LogP contribution in [-0.4, -0.2) is 33.7 Å². The molecule has 2 N–H and O–H groups in total. The lowest BCUT2D eigenvalue weighted by Gasteiger charge is -2.27. The van der Waals surface area contributed by atoms with Gasteiger partial charge < -0.3 is 15.5 Å². The lowest BCUT2D eigenvalue weighted by atomic mass is 9.85. The second kappa shape index (κ2) is 14.1. The van der Waals surface area contributed by atoms with Gasteiger partial charge in [0.2, 0.25) is 0 Å². The molecular formula is C33H40F3N5O. The summed E-state index contributed by atoms with van der Waals surface area (Å²) in [6.45, 7) is 14.8. The van der Waals surface area contributed by atoms with Gasteiger partial charge in [-0.15, -0.1) is 0 Å². The Labute approximate surface area is 247 Å². The fourth-order valence-corrected chi connectivity index (χ4v) is 4.43. The van der Waals surface area contributed by atoms with E-state index in [0.29, 0.717) is 36.2 Å². The van der Waals surface area contributed by atoms with E-state index in [1.54, 1.807) is 42.7 Å². The van der Waals surface area contributed by atoms with Crippen molar-refractivity contribution in [2.45, 2.75) is 66.5 Å². The lowest BCUT2D eigenvalue weighted by molar-refractivity contribution is -0.141. The average Bonchev–Trinajstić information content (AvgIpc) is 3.35. The van der Waals surface area contributed by atoms with Crippen LogP contribution in [0.15, 0.2) is 78.5 Å². The molecule has 0 bridgehead atoms. The van der Waals surface area contributed by atoms with E-state index in [9.17, 15) is 18.0 Å². The van der Waals surface area contributed by atoms with E-state index in [1.165, 1.54) is 16.5 Å². The molecule has 0 aromatic carbocycles. The number of halogens is 3. The number of nitrogens with one attached hydrogen (secondary N) is 2. The molecule has 0 fully saturated rings. The molecule has 1 aliphatic heterocycles. The van der Waals surface area contributed by atoms with Crippen molar-refractivity contribution in [3.8, 4) is 11.8 Å². The molecule has 42 heavy (non-hydrogen) atoms. The molecule has 0 saturated heterocycles. The van der Waals surface area contributed by atoms with Crippen molar-refractivity contribution in [3.63, 3.8) is 0 Å². The van der Waals surface area contributed by atoms with Gasteiger partial charge in [-0.25, -0.2) is 4.68 Å². The van der Waals surface area contributed by atoms with Crippen molar-refractivity contribution in [2.24, 2.45) is 5.41 Å². The van der Waals surface area contributed by atoms with Gasteiger partial charge >= 0.3 is 6.18 Å². The number of hydrogen-bond acceptors (Lipinski definition) is 4. The highest BCUT2D eigenvalue weighted by atomic mass is 19.4. The van der Waals surface area contributed by atoms with Crippen LogP contribution in [0.1, 0.15) is 71.6 Å². The minimum Gasteiger partial charge on any atom is -0.383 e. The predicted molar refractivity (Wildman–Crippen MR) is 163 cm³/mol. The number of amides is 1. The number of alkyl halides is 3. The van der Waals surface area contributed by atoms with Gasteiger partial charge in [-0.2, -0.15) is 18.3 Å². The summed E-state index contributed by atoms with van der Waals surface area (Å²) in [5.74, 6) is 5.62. The van der Waals surface area contributed by atoms with Gasteiger partial charge in [0.05, 0.1) is 11.3 Å². The molecule has 1 amide bonds. The fourth-order valence-electron chi connectivity index (χ4n) is 4.43. The smallest absolute Gasteiger partial charge is 0.383 e. The van der Waals surface area contributed by atoms with E-state index < -0.39 is 11.9 Å². The molecule has 3 rings (SSSR count). The third kappa shape index (κ3) is 8.65. The summed E-state index contributed by atoms with van der Waals surface area (Å²) < 4.78 is 43.3. The van der Waals surface area contributed by atoms with Gasteiger partial charge in [0, 0.05) is 61.5 Å². The first-order valence-corrected chi connectivity index (χ1v) is 14.2. The maximum atomic E-state index is 14.0. The molecule has 1 aromatic heterocycles. The summed E-state index contributed by atoms with van der Waals surface area (Å²) in [6, 6.07) is 0. The molecule has 2 heterocycles. The van der Waals surface area contributed by atoms with Gasteiger partial charge in [-0.05, 0) is 48.1 Å². The van der Waals surface area contributed by atoms with Crippen LogP contribution < -0.4 is 10.6 Å². The van der Waals surface area contributed by atoms with Crippen LogP contribution in [0.2, 0.25) is 0 Å². The van der Waals surface area contributed by atoms with Crippen LogP contribution in [-0.2, 0) is 11.0 Å². The summed E-state index contributed by atoms with van der Waals surface area (Å²) in [4.78, 5) is 14.8. The summed E-state index contributed by atoms with van der Waals surface area (Å²) in [6.07, 6.45) is 13.3. The Hall–Kier alpha value is -4.19. The van der Waals surface area contributed by atoms with Crippen molar-refractivity contribution >= 4 is 17.3 Å². The highest BCUT2D eigenvalue weighted by Crippen LogP contribution is 2.34. The summed E-state index contributed by atoms with van der Waals surface area (Å²) in [5.41, 5.74) is 2.19. The van der Waals surface area contributed by atoms with E-state index in [2.05, 4.69) is 61.8 Å². The molecule has 1 aromatic rings. The Kier molecular flexibility index (Phi) is 10.9. The Balaban J connectivity index is 1.72. The van der Waals surface area contributed by atoms with Crippen molar-refractivity contribution in [1.82, 2.24) is 25.3 Å². The normalized spacial score (nSPS) is 18.3. The molecule has 0 atom stereocenters. The number of rotatable bonds is 10. The zero-order valence-electron chi connectivity index (χ0n) is 25.0. The Morgan fingerprint density at radius 1 is 1.10 bits per heavy atom. The first-order valence-electron chi connectivity index (χ1n) is 14.2. The molecule has 0 spiro atoms. The molecule has 9 heteroatoms. The van der Waals surface area contributed by atoms with Crippen molar-refractivity contribution in [2.75, 3.05) is 13.1 Å². The quantitative estimate of drug-likeness (QED) is 0.228. The summed E-state index contributed by atoms with van der Waals surface area (Å²) in [7, 11) is 0. The van der Waals surface area contributed by atoms with Crippen LogP contribution >= 0.6 is 0 Å². The first kappa shape index (κ1) is 32.3. The number of allylic oxidation sites excluding steroid dienone is 7. The van der Waals surface area contributed by atoms with Gasteiger partial charge in [0.1, 0.15) is 0 Å². The third-order valence-corrected chi connectivity index (χ3v) is 6.68. The minimum absolute atomic E-state index is 0.0261. The van der Waals surface area contributed by atoms with Crippen LogP contribution in [0.4, 0.5) is 13.2 Å². The zero-order chi connectivity index (χ0) is 30.9. The predicted octanol–water partition coefficient (Wildman–Crippen LogP) is 7.16. The molecule has 6 nitrogen and oxygen atoms in total. The number of aromatic nitrogens is 2. The highest BCUT2D eigenvalue weighted by molar-refractivity contribution is 5.96. The van der Waals surface area contributed by atoms with Crippen LogP contribution in [0.5, 0.6) is 0 Å². The van der Waals surface area contributed by atoms with Gasteiger partial charge in [-0.1, -0.05) is 65.2 Å². The largest absolute Gasteiger partial charge is 0.435 e. The number of carbonyl (C=O) groups is 1. The number of hydrogen-bond donors (Lipinski definition) is 2. The lowest BCUT2D eigenvalue weighted by Crippen LogP contribution is -2.33. The molecule has 0 saturated carbocycles. The zero-order valence-corrected chi connectivity index (χ0v) is 25.0. The molecular weight excluding hydrogens is 539 g/mol. The van der Waals surface area contributed by atoms with Crippen LogP contribution in [0.3, 0.4) is 0 Å².